The number of hydrogen-bond acceptors (Lipinski definition) is 20. The van der Waals surface area contributed by atoms with Crippen LogP contribution in [-0.2, 0) is 30.4 Å². The van der Waals surface area contributed by atoms with Gasteiger partial charge < -0.3 is 31.4 Å². The lowest BCUT2D eigenvalue weighted by atomic mass is 9.95. The molecule has 10 rings (SSSR count). The van der Waals surface area contributed by atoms with Crippen LogP contribution in [-0.4, -0.2) is 106 Å². The van der Waals surface area contributed by atoms with Gasteiger partial charge in [-0.15, -0.1) is 10.2 Å². The average molecular weight is 887 g/mol. The molecular weight excluding hydrogens is 845 g/mol. The first kappa shape index (κ1) is 42.5. The summed E-state index contributed by atoms with van der Waals surface area (Å²) in [5.74, 6) is 4.42. The van der Waals surface area contributed by atoms with Crippen molar-refractivity contribution in [3.8, 4) is 34.6 Å². The summed E-state index contributed by atoms with van der Waals surface area (Å²) in [4.78, 5) is 33.0. The number of furan rings is 2. The fourth-order valence-electron chi connectivity index (χ4n) is 6.20. The van der Waals surface area contributed by atoms with Crippen LogP contribution in [0.4, 0.5) is 17.8 Å². The molecule has 24 nitrogen and oxygen atoms in total. The van der Waals surface area contributed by atoms with Crippen LogP contribution < -0.4 is 22.5 Å². The fourth-order valence-corrected chi connectivity index (χ4v) is 6.71. The highest BCUT2D eigenvalue weighted by molar-refractivity contribution is 7.90. The van der Waals surface area contributed by atoms with E-state index in [-0.39, 0.29) is 23.5 Å². The highest BCUT2D eigenvalue weighted by atomic mass is 32.2. The molecule has 0 radical (unpaired) electrons. The minimum Gasteiger partial charge on any atom is -0.461 e. The van der Waals surface area contributed by atoms with Gasteiger partial charge in [-0.3, -0.25) is 9.36 Å². The van der Waals surface area contributed by atoms with E-state index < -0.39 is 15.0 Å². The Morgan fingerprint density at radius 1 is 0.750 bits per heavy atom. The maximum atomic E-state index is 11.4. The Morgan fingerprint density at radius 3 is 1.94 bits per heavy atom. The van der Waals surface area contributed by atoms with E-state index in [2.05, 4.69) is 95.9 Å². The molecule has 25 heteroatoms. The minimum atomic E-state index is -3.57. The predicted octanol–water partition coefficient (Wildman–Crippen LogP) is 2.71. The van der Waals surface area contributed by atoms with Crippen LogP contribution in [0.5, 0.6) is 0 Å². The number of fused-ring (bicyclic) bond motifs is 2. The average Bonchev–Trinajstić information content (AvgIpc) is 4.13. The van der Waals surface area contributed by atoms with Crippen molar-refractivity contribution in [2.45, 2.75) is 30.3 Å². The lowest BCUT2D eigenvalue weighted by molar-refractivity contribution is 0.577. The van der Waals surface area contributed by atoms with Gasteiger partial charge in [0.2, 0.25) is 39.3 Å². The smallest absolute Gasteiger partial charge is 0.259 e. The van der Waals surface area contributed by atoms with Crippen molar-refractivity contribution in [3.63, 3.8) is 0 Å². The first-order valence-electron chi connectivity index (χ1n) is 19.6. The molecule has 1 unspecified atom stereocenters. The zero-order valence-corrected chi connectivity index (χ0v) is 35.5. The van der Waals surface area contributed by atoms with E-state index in [4.69, 9.17) is 26.0 Å². The Labute approximate surface area is 364 Å². The van der Waals surface area contributed by atoms with Crippen LogP contribution in [0.1, 0.15) is 30.1 Å². The monoisotopic (exact) mass is 886 g/mol. The van der Waals surface area contributed by atoms with Gasteiger partial charge in [-0.1, -0.05) is 48.1 Å². The van der Waals surface area contributed by atoms with Gasteiger partial charge in [-0.05, 0) is 55.6 Å². The van der Waals surface area contributed by atoms with Crippen LogP contribution in [0.15, 0.2) is 112 Å². The summed E-state index contributed by atoms with van der Waals surface area (Å²) in [5, 5.41) is 19.7. The molecule has 0 amide bonds. The van der Waals surface area contributed by atoms with E-state index in [0.29, 0.717) is 53.9 Å². The Kier molecular flexibility index (Phi) is 12.2. The molecule has 1 atom stereocenters. The highest BCUT2D eigenvalue weighted by Gasteiger charge is 2.19. The first-order valence-corrected chi connectivity index (χ1v) is 21.5. The third kappa shape index (κ3) is 9.95. The zero-order chi connectivity index (χ0) is 44.8. The van der Waals surface area contributed by atoms with Crippen molar-refractivity contribution in [3.05, 3.63) is 109 Å². The van der Waals surface area contributed by atoms with Crippen LogP contribution in [0, 0.1) is 0 Å². The van der Waals surface area contributed by atoms with Crippen molar-refractivity contribution in [1.29, 1.82) is 0 Å². The summed E-state index contributed by atoms with van der Waals surface area (Å²) < 4.78 is 39.2. The van der Waals surface area contributed by atoms with Gasteiger partial charge in [0.25, 0.3) is 16.7 Å². The molecule has 0 fully saturated rings. The number of sulfone groups is 1. The van der Waals surface area contributed by atoms with Gasteiger partial charge in [0, 0.05) is 38.4 Å². The second kappa shape index (κ2) is 18.4. The number of nitrogen functional groups attached to an aromatic ring is 2. The quantitative estimate of drug-likeness (QED) is 0.145. The molecule has 0 saturated carbocycles. The van der Waals surface area contributed by atoms with Crippen molar-refractivity contribution >= 4 is 39.2 Å². The normalized spacial score (nSPS) is 13.6. The second-order valence-electron chi connectivity index (χ2n) is 14.2. The fraction of sp³-hybridized carbons (Fsp3) is 0.231. The standard InChI is InChI=1S/C19H18N10O.C11H16N4.C9H8N6O3S/c1-28-11-22-15(26-28)13-6-4-12(5-7-13)8-9-21-18-24-17(20)29-19(25-18)23-16(27-29)14-3-2-10-30-14;1-15-8-13-11(14-15)10-4-2-9(3-5-10)6-7-12;1-19(16,17)9-12-7(10)15-8(13-9)11-6(14-15)5-3-2-4-18-5/h2-7,10-11H,8-9H2,1H3,(H3,20,21,23,24,25,27);2-4,8,10H,5-7,12H2,1H3;2-4H,1H3,(H2,10,11,12,13,14). The Balaban J connectivity index is 0.000000141. The van der Waals surface area contributed by atoms with Gasteiger partial charge in [-0.2, -0.15) is 49.1 Å². The Morgan fingerprint density at radius 2 is 1.39 bits per heavy atom. The summed E-state index contributed by atoms with van der Waals surface area (Å²) in [7, 11) is 0.167. The van der Waals surface area contributed by atoms with Gasteiger partial charge in [-0.25, -0.2) is 18.4 Å². The number of rotatable bonds is 11. The number of nitrogens with one attached hydrogen (secondary N) is 1. The molecule has 64 heavy (non-hydrogen) atoms. The summed E-state index contributed by atoms with van der Waals surface area (Å²) in [6.45, 7) is 1.35. The van der Waals surface area contributed by atoms with Crippen molar-refractivity contribution < 1.29 is 17.3 Å². The lowest BCUT2D eigenvalue weighted by Gasteiger charge is -2.12. The van der Waals surface area contributed by atoms with Crippen LogP contribution >= 0.6 is 0 Å². The van der Waals surface area contributed by atoms with Crippen LogP contribution in [0.3, 0.4) is 0 Å². The number of hydrogen-bond donors (Lipinski definition) is 4. The van der Waals surface area contributed by atoms with Gasteiger partial charge in [0.05, 0.1) is 12.5 Å². The molecule has 0 saturated heterocycles. The van der Waals surface area contributed by atoms with Gasteiger partial charge in [0.1, 0.15) is 12.7 Å². The largest absolute Gasteiger partial charge is 0.461 e. The maximum Gasteiger partial charge on any atom is 0.259 e. The number of allylic oxidation sites excluding steroid dienone is 3. The van der Waals surface area contributed by atoms with Crippen LogP contribution in [0.2, 0.25) is 0 Å². The van der Waals surface area contributed by atoms with Crippen molar-refractivity contribution in [1.82, 2.24) is 78.7 Å². The molecular formula is C39H42N20O4S. The Bertz CT molecular complexity index is 3170. The summed E-state index contributed by atoms with van der Waals surface area (Å²) in [6.07, 6.45) is 16.7. The number of anilines is 3. The third-order valence-electron chi connectivity index (χ3n) is 9.33. The topological polar surface area (TPSA) is 324 Å². The van der Waals surface area contributed by atoms with E-state index >= 15 is 0 Å². The summed E-state index contributed by atoms with van der Waals surface area (Å²) >= 11 is 0. The van der Waals surface area contributed by atoms with E-state index in [1.165, 1.54) is 21.9 Å². The molecule has 8 aromatic heterocycles. The van der Waals surface area contributed by atoms with E-state index in [1.54, 1.807) is 52.5 Å². The first-order chi connectivity index (χ1) is 30.9. The van der Waals surface area contributed by atoms with E-state index in [1.807, 2.05) is 26.2 Å². The third-order valence-corrected chi connectivity index (χ3v) is 10.2. The number of aryl methyl sites for hydroxylation is 2. The zero-order valence-electron chi connectivity index (χ0n) is 34.7. The van der Waals surface area contributed by atoms with Crippen molar-refractivity contribution in [2.24, 2.45) is 19.8 Å². The molecule has 1 aliphatic rings. The molecule has 7 N–H and O–H groups in total. The number of nitrogens with two attached hydrogens (primary N) is 3. The van der Waals surface area contributed by atoms with E-state index in [9.17, 15) is 8.42 Å². The number of benzene rings is 1. The molecule has 8 heterocycles. The van der Waals surface area contributed by atoms with Crippen LogP contribution in [0.25, 0.3) is 46.1 Å². The summed E-state index contributed by atoms with van der Waals surface area (Å²) in [6, 6.07) is 15.0. The lowest BCUT2D eigenvalue weighted by Crippen LogP contribution is -2.12. The Hall–Kier alpha value is -8.19. The van der Waals surface area contributed by atoms with Gasteiger partial charge in [0.15, 0.2) is 23.2 Å². The molecule has 1 aromatic carbocycles. The highest BCUT2D eigenvalue weighted by Crippen LogP contribution is 2.25. The van der Waals surface area contributed by atoms with Crippen molar-refractivity contribution in [2.75, 3.05) is 36.1 Å². The molecule has 1 aliphatic carbocycles. The molecule has 9 aromatic rings. The number of nitrogens with zero attached hydrogens (tertiary/aromatic N) is 16. The second-order valence-corrected chi connectivity index (χ2v) is 16.1. The maximum absolute atomic E-state index is 11.4. The minimum absolute atomic E-state index is 0.0410. The SMILES string of the molecule is CS(=O)(=O)c1nc(N)n2nc(-c3ccco3)nc2n1.Cn1cnc(-c2ccc(CCNc3nc(N)n4nc(-c5ccco5)nc4n3)cc2)n1.Cn1cnc(C2C=CC(CCN)=CC2)n1. The number of aromatic nitrogens is 16. The molecule has 328 valence electrons. The van der Waals surface area contributed by atoms with E-state index in [0.717, 1.165) is 41.4 Å². The molecule has 0 bridgehead atoms. The molecule has 0 spiro atoms. The molecule has 0 aliphatic heterocycles. The van der Waals surface area contributed by atoms with Gasteiger partial charge >= 0.3 is 0 Å². The summed E-state index contributed by atoms with van der Waals surface area (Å²) in [5.41, 5.74) is 20.6. The predicted molar refractivity (Wildman–Crippen MR) is 232 cm³/mol.